The number of carbonyl (C=O) groups excluding carboxylic acids is 1. The molecule has 0 radical (unpaired) electrons. The third kappa shape index (κ3) is 2.10. The molecular weight excluding hydrogens is 271 g/mol. The Kier molecular flexibility index (Phi) is 2.88. The molecule has 2 heterocycles. The average molecular weight is 285 g/mol. The summed E-state index contributed by atoms with van der Waals surface area (Å²) in [5.41, 5.74) is 4.33. The molecule has 4 nitrogen and oxygen atoms in total. The Hall–Kier alpha value is -1.79. The number of halogens is 3. The third-order valence-corrected chi connectivity index (χ3v) is 4.11. The van der Waals surface area contributed by atoms with Gasteiger partial charge in [-0.25, -0.2) is 4.98 Å². The SMILES string of the molecule is NC(=O)c1ccc(C(F)(F)F)nc1N1CC2CCC1C2. The highest BCUT2D eigenvalue weighted by Crippen LogP contribution is 2.41. The van der Waals surface area contributed by atoms with Gasteiger partial charge in [-0.3, -0.25) is 4.79 Å². The Morgan fingerprint density at radius 3 is 2.60 bits per heavy atom. The van der Waals surface area contributed by atoms with Crippen LogP contribution in [0.4, 0.5) is 19.0 Å². The van der Waals surface area contributed by atoms with Crippen LogP contribution in [-0.2, 0) is 6.18 Å². The van der Waals surface area contributed by atoms with Crippen LogP contribution >= 0.6 is 0 Å². The fourth-order valence-electron chi connectivity index (χ4n) is 3.20. The minimum absolute atomic E-state index is 0.0607. The number of primary amides is 1. The molecule has 108 valence electrons. The summed E-state index contributed by atoms with van der Waals surface area (Å²) in [5, 5.41) is 0. The highest BCUT2D eigenvalue weighted by molar-refractivity contribution is 5.97. The molecule has 1 aliphatic heterocycles. The molecule has 1 amide bonds. The maximum atomic E-state index is 12.8. The fourth-order valence-corrected chi connectivity index (χ4v) is 3.20. The van der Waals surface area contributed by atoms with Crippen molar-refractivity contribution in [2.24, 2.45) is 11.7 Å². The highest BCUT2D eigenvalue weighted by Gasteiger charge is 2.41. The van der Waals surface area contributed by atoms with Crippen molar-refractivity contribution in [3.05, 3.63) is 23.4 Å². The minimum Gasteiger partial charge on any atom is -0.365 e. The molecule has 3 rings (SSSR count). The van der Waals surface area contributed by atoms with Crippen LogP contribution < -0.4 is 10.6 Å². The number of amides is 1. The standard InChI is InChI=1S/C13H14F3N3O/c14-13(15,16)10-4-3-9(11(17)20)12(18-10)19-6-7-1-2-8(19)5-7/h3-4,7-8H,1-2,5-6H2,(H2,17,20). The predicted octanol–water partition coefficient (Wildman–Crippen LogP) is 2.19. The van der Waals surface area contributed by atoms with Crippen LogP contribution in [0.1, 0.15) is 35.3 Å². The van der Waals surface area contributed by atoms with Crippen LogP contribution in [0.2, 0.25) is 0 Å². The number of rotatable bonds is 2. The van der Waals surface area contributed by atoms with E-state index in [4.69, 9.17) is 5.73 Å². The summed E-state index contributed by atoms with van der Waals surface area (Å²) in [7, 11) is 0. The van der Waals surface area contributed by atoms with Gasteiger partial charge in [0.05, 0.1) is 5.56 Å². The molecule has 2 bridgehead atoms. The normalized spacial score (nSPS) is 25.2. The van der Waals surface area contributed by atoms with Crippen molar-refractivity contribution in [3.8, 4) is 0 Å². The lowest BCUT2D eigenvalue weighted by molar-refractivity contribution is -0.141. The lowest BCUT2D eigenvalue weighted by atomic mass is 10.1. The maximum Gasteiger partial charge on any atom is 0.433 e. The van der Waals surface area contributed by atoms with E-state index in [1.807, 2.05) is 4.90 Å². The number of nitrogens with zero attached hydrogens (tertiary/aromatic N) is 2. The number of hydrogen-bond donors (Lipinski definition) is 1. The van der Waals surface area contributed by atoms with Crippen molar-refractivity contribution in [1.82, 2.24) is 4.98 Å². The van der Waals surface area contributed by atoms with Gasteiger partial charge in [0, 0.05) is 12.6 Å². The second-order valence-corrected chi connectivity index (χ2v) is 5.41. The van der Waals surface area contributed by atoms with Crippen molar-refractivity contribution in [2.45, 2.75) is 31.5 Å². The van der Waals surface area contributed by atoms with Crippen molar-refractivity contribution in [3.63, 3.8) is 0 Å². The number of anilines is 1. The Morgan fingerprint density at radius 2 is 2.10 bits per heavy atom. The summed E-state index contributed by atoms with van der Waals surface area (Å²) in [4.78, 5) is 16.9. The molecule has 2 atom stereocenters. The average Bonchev–Trinajstić information content (AvgIpc) is 2.99. The lowest BCUT2D eigenvalue weighted by Crippen LogP contribution is -2.35. The number of nitrogens with two attached hydrogens (primary N) is 1. The number of fused-ring (bicyclic) bond motifs is 2. The van der Waals surface area contributed by atoms with E-state index in [0.717, 1.165) is 31.4 Å². The summed E-state index contributed by atoms with van der Waals surface area (Å²) >= 11 is 0. The molecule has 0 spiro atoms. The molecule has 7 heteroatoms. The van der Waals surface area contributed by atoms with Crippen LogP contribution in [0.5, 0.6) is 0 Å². The first kappa shape index (κ1) is 13.2. The molecular formula is C13H14F3N3O. The molecule has 0 aromatic carbocycles. The van der Waals surface area contributed by atoms with Crippen LogP contribution in [0.15, 0.2) is 12.1 Å². The van der Waals surface area contributed by atoms with Crippen LogP contribution in [-0.4, -0.2) is 23.5 Å². The third-order valence-electron chi connectivity index (χ3n) is 4.11. The zero-order valence-electron chi connectivity index (χ0n) is 10.7. The van der Waals surface area contributed by atoms with Gasteiger partial charge in [-0.2, -0.15) is 13.2 Å². The summed E-state index contributed by atoms with van der Waals surface area (Å²) in [6.07, 6.45) is -1.55. The summed E-state index contributed by atoms with van der Waals surface area (Å²) < 4.78 is 38.3. The number of alkyl halides is 3. The van der Waals surface area contributed by atoms with E-state index in [0.29, 0.717) is 12.5 Å². The topological polar surface area (TPSA) is 59.2 Å². The van der Waals surface area contributed by atoms with Gasteiger partial charge in [0.2, 0.25) is 0 Å². The first-order valence-electron chi connectivity index (χ1n) is 6.51. The van der Waals surface area contributed by atoms with Crippen LogP contribution in [0, 0.1) is 5.92 Å². The molecule has 2 fully saturated rings. The number of piperidine rings is 1. The highest BCUT2D eigenvalue weighted by atomic mass is 19.4. The molecule has 1 aliphatic carbocycles. The number of carbonyl (C=O) groups is 1. The lowest BCUT2D eigenvalue weighted by Gasteiger charge is -2.29. The Labute approximate surface area is 113 Å². The van der Waals surface area contributed by atoms with Gasteiger partial charge in [-0.05, 0) is 37.3 Å². The van der Waals surface area contributed by atoms with E-state index < -0.39 is 17.8 Å². The van der Waals surface area contributed by atoms with E-state index in [9.17, 15) is 18.0 Å². The quantitative estimate of drug-likeness (QED) is 0.906. The van der Waals surface area contributed by atoms with E-state index in [1.165, 1.54) is 0 Å². The van der Waals surface area contributed by atoms with Gasteiger partial charge in [0.15, 0.2) is 0 Å². The van der Waals surface area contributed by atoms with Crippen LogP contribution in [0.25, 0.3) is 0 Å². The molecule has 1 aromatic heterocycles. The first-order chi connectivity index (χ1) is 9.36. The summed E-state index contributed by atoms with van der Waals surface area (Å²) in [5.74, 6) is -0.180. The van der Waals surface area contributed by atoms with E-state index in [-0.39, 0.29) is 17.4 Å². The van der Waals surface area contributed by atoms with Gasteiger partial charge >= 0.3 is 6.18 Å². The van der Waals surface area contributed by atoms with Gasteiger partial charge in [-0.1, -0.05) is 0 Å². The minimum atomic E-state index is -4.52. The van der Waals surface area contributed by atoms with E-state index in [1.54, 1.807) is 0 Å². The number of hydrogen-bond acceptors (Lipinski definition) is 3. The van der Waals surface area contributed by atoms with Crippen molar-refractivity contribution >= 4 is 11.7 Å². The number of pyridine rings is 1. The first-order valence-corrected chi connectivity index (χ1v) is 6.51. The molecule has 2 unspecified atom stereocenters. The monoisotopic (exact) mass is 285 g/mol. The van der Waals surface area contributed by atoms with Crippen molar-refractivity contribution in [1.29, 1.82) is 0 Å². The van der Waals surface area contributed by atoms with Crippen LogP contribution in [0.3, 0.4) is 0 Å². The zero-order chi connectivity index (χ0) is 14.5. The van der Waals surface area contributed by atoms with Gasteiger partial charge in [0.25, 0.3) is 5.91 Å². The van der Waals surface area contributed by atoms with Crippen molar-refractivity contribution < 1.29 is 18.0 Å². The smallest absolute Gasteiger partial charge is 0.365 e. The van der Waals surface area contributed by atoms with Gasteiger partial charge in [-0.15, -0.1) is 0 Å². The molecule has 2 N–H and O–H groups in total. The molecule has 1 saturated heterocycles. The molecule has 2 aliphatic rings. The zero-order valence-corrected chi connectivity index (χ0v) is 10.7. The largest absolute Gasteiger partial charge is 0.433 e. The molecule has 1 saturated carbocycles. The second kappa shape index (κ2) is 4.36. The maximum absolute atomic E-state index is 12.8. The van der Waals surface area contributed by atoms with Gasteiger partial charge < -0.3 is 10.6 Å². The second-order valence-electron chi connectivity index (χ2n) is 5.41. The summed E-state index contributed by atoms with van der Waals surface area (Å²) in [6, 6.07) is 2.10. The van der Waals surface area contributed by atoms with Gasteiger partial charge in [0.1, 0.15) is 11.5 Å². The molecule has 1 aromatic rings. The predicted molar refractivity (Wildman–Crippen MR) is 66.2 cm³/mol. The Balaban J connectivity index is 2.04. The Bertz CT molecular complexity index is 558. The van der Waals surface area contributed by atoms with E-state index >= 15 is 0 Å². The Morgan fingerprint density at radius 1 is 1.35 bits per heavy atom. The fraction of sp³-hybridized carbons (Fsp3) is 0.538. The number of aromatic nitrogens is 1. The van der Waals surface area contributed by atoms with E-state index in [2.05, 4.69) is 4.98 Å². The molecule has 20 heavy (non-hydrogen) atoms. The van der Waals surface area contributed by atoms with Crippen molar-refractivity contribution in [2.75, 3.05) is 11.4 Å². The summed E-state index contributed by atoms with van der Waals surface area (Å²) in [6.45, 7) is 0.652.